The fraction of sp³-hybridized carbons (Fsp3) is 0.588. The van der Waals surface area contributed by atoms with E-state index in [-0.39, 0.29) is 5.92 Å². The van der Waals surface area contributed by atoms with E-state index >= 15 is 0 Å². The lowest BCUT2D eigenvalue weighted by Crippen LogP contribution is -2.42. The molecule has 0 saturated heterocycles. The Morgan fingerprint density at radius 2 is 1.83 bits per heavy atom. The molecule has 2 aliphatic rings. The topological polar surface area (TPSA) is 56.0 Å². The number of aryl methyl sites for hydroxylation is 1. The molecule has 0 radical (unpaired) electrons. The summed E-state index contributed by atoms with van der Waals surface area (Å²) < 4.78 is 4.40. The summed E-state index contributed by atoms with van der Waals surface area (Å²) in [7, 11) is 0. The van der Waals surface area contributed by atoms with Crippen LogP contribution in [0.25, 0.3) is 0 Å². The summed E-state index contributed by atoms with van der Waals surface area (Å²) in [5, 5.41) is 8.31. The number of hydrogen-bond donors (Lipinski definition) is 0. The number of carbonyl (C=O) groups excluding carboxylic acids is 1. The minimum absolute atomic E-state index is 0.178. The number of fused-ring (bicyclic) bond motifs is 1. The van der Waals surface area contributed by atoms with Crippen molar-refractivity contribution >= 4 is 5.91 Å². The van der Waals surface area contributed by atoms with Crippen LogP contribution >= 0.6 is 0 Å². The zero-order valence-corrected chi connectivity index (χ0v) is 13.6. The lowest BCUT2D eigenvalue weighted by Gasteiger charge is -2.34. The normalized spacial score (nSPS) is 24.5. The number of rotatable bonds is 2. The van der Waals surface area contributed by atoms with E-state index in [9.17, 15) is 4.79 Å². The van der Waals surface area contributed by atoms with Crippen LogP contribution in [0.3, 0.4) is 0 Å². The van der Waals surface area contributed by atoms with Gasteiger partial charge in [0.15, 0.2) is 5.82 Å². The molecule has 3 heterocycles. The highest BCUT2D eigenvalue weighted by Crippen LogP contribution is 2.33. The lowest BCUT2D eigenvalue weighted by molar-refractivity contribution is -0.138. The van der Waals surface area contributed by atoms with Crippen LogP contribution < -0.4 is 0 Å². The van der Waals surface area contributed by atoms with Gasteiger partial charge in [0, 0.05) is 37.4 Å². The quantitative estimate of drug-likeness (QED) is 0.854. The van der Waals surface area contributed by atoms with Gasteiger partial charge in [0.1, 0.15) is 5.82 Å². The van der Waals surface area contributed by atoms with E-state index in [1.54, 1.807) is 0 Å². The van der Waals surface area contributed by atoms with Crippen molar-refractivity contribution in [3.05, 3.63) is 36.2 Å². The molecule has 0 N–H and O–H groups in total. The number of carbonyl (C=O) groups is 1. The maximum Gasteiger partial charge on any atom is 0.226 e. The first-order valence-corrected chi connectivity index (χ1v) is 8.52. The molecule has 1 aliphatic carbocycles. The molecule has 6 heteroatoms. The Bertz CT molecular complexity index is 682. The fourth-order valence-corrected chi connectivity index (χ4v) is 3.96. The smallest absolute Gasteiger partial charge is 0.226 e. The minimum atomic E-state index is 0.178. The summed E-state index contributed by atoms with van der Waals surface area (Å²) in [5.74, 6) is 2.35. The lowest BCUT2D eigenvalue weighted by atomic mass is 9.85. The van der Waals surface area contributed by atoms with Crippen molar-refractivity contribution in [2.24, 2.45) is 5.92 Å². The van der Waals surface area contributed by atoms with Gasteiger partial charge < -0.3 is 14.0 Å². The zero-order valence-electron chi connectivity index (χ0n) is 13.6. The second-order valence-corrected chi connectivity index (χ2v) is 6.71. The van der Waals surface area contributed by atoms with Gasteiger partial charge in [0.2, 0.25) is 5.91 Å². The van der Waals surface area contributed by atoms with Crippen molar-refractivity contribution in [2.75, 3.05) is 6.54 Å². The predicted molar refractivity (Wildman–Crippen MR) is 85.6 cm³/mol. The molecule has 0 unspecified atom stereocenters. The molecule has 0 aromatic carbocycles. The van der Waals surface area contributed by atoms with Gasteiger partial charge in [-0.05, 0) is 44.7 Å². The molecule has 2 aromatic heterocycles. The van der Waals surface area contributed by atoms with Crippen molar-refractivity contribution in [1.82, 2.24) is 24.2 Å². The van der Waals surface area contributed by atoms with Crippen LogP contribution in [-0.2, 0) is 17.9 Å². The number of aromatic nitrogens is 4. The molecular formula is C17H23N5O. The largest absolute Gasteiger partial charge is 0.351 e. The molecule has 1 aliphatic heterocycles. The SMILES string of the molecule is Cc1nnc2n1CCN(C(=O)C1CCC(n3cccc3)CC1)C2. The van der Waals surface area contributed by atoms with Gasteiger partial charge in [-0.1, -0.05) is 0 Å². The van der Waals surface area contributed by atoms with E-state index in [1.807, 2.05) is 11.8 Å². The van der Waals surface area contributed by atoms with Crippen molar-refractivity contribution < 1.29 is 4.79 Å². The molecule has 1 amide bonds. The first-order valence-electron chi connectivity index (χ1n) is 8.52. The predicted octanol–water partition coefficient (Wildman–Crippen LogP) is 2.16. The van der Waals surface area contributed by atoms with Crippen molar-refractivity contribution in [1.29, 1.82) is 0 Å². The summed E-state index contributed by atoms with van der Waals surface area (Å²) in [6, 6.07) is 4.70. The molecule has 0 atom stereocenters. The molecule has 1 saturated carbocycles. The molecule has 122 valence electrons. The Balaban J connectivity index is 1.37. The maximum atomic E-state index is 12.8. The van der Waals surface area contributed by atoms with Crippen molar-refractivity contribution in [3.8, 4) is 0 Å². The molecule has 1 fully saturated rings. The van der Waals surface area contributed by atoms with Crippen LogP contribution in [0.4, 0.5) is 0 Å². The number of hydrogen-bond acceptors (Lipinski definition) is 3. The van der Waals surface area contributed by atoms with E-state index in [1.165, 1.54) is 0 Å². The fourth-order valence-electron chi connectivity index (χ4n) is 3.96. The summed E-state index contributed by atoms with van der Waals surface area (Å²) in [4.78, 5) is 14.8. The Kier molecular flexibility index (Phi) is 3.67. The van der Waals surface area contributed by atoms with Gasteiger partial charge in [-0.15, -0.1) is 10.2 Å². The van der Waals surface area contributed by atoms with E-state index in [2.05, 4.69) is 43.9 Å². The second-order valence-electron chi connectivity index (χ2n) is 6.71. The summed E-state index contributed by atoms with van der Waals surface area (Å²) in [6.07, 6.45) is 8.43. The Labute approximate surface area is 136 Å². The van der Waals surface area contributed by atoms with Gasteiger partial charge in [-0.25, -0.2) is 0 Å². The summed E-state index contributed by atoms with van der Waals surface area (Å²) in [6.45, 7) is 4.18. The average molecular weight is 313 g/mol. The van der Waals surface area contributed by atoms with Gasteiger partial charge in [0.25, 0.3) is 0 Å². The zero-order chi connectivity index (χ0) is 15.8. The van der Waals surface area contributed by atoms with E-state index < -0.39 is 0 Å². The third-order valence-electron chi connectivity index (χ3n) is 5.34. The Morgan fingerprint density at radius 1 is 1.09 bits per heavy atom. The highest BCUT2D eigenvalue weighted by molar-refractivity contribution is 5.79. The van der Waals surface area contributed by atoms with Crippen LogP contribution in [0.1, 0.15) is 43.4 Å². The number of amides is 1. The summed E-state index contributed by atoms with van der Waals surface area (Å²) >= 11 is 0. The number of nitrogens with zero attached hydrogens (tertiary/aromatic N) is 5. The molecule has 2 aromatic rings. The standard InChI is InChI=1S/C17H23N5O/c1-13-18-19-16-12-21(10-11-22(13)16)17(23)14-4-6-15(7-5-14)20-8-2-3-9-20/h2-3,8-9,14-15H,4-7,10-12H2,1H3. The Hall–Kier alpha value is -2.11. The third kappa shape index (κ3) is 2.66. The average Bonchev–Trinajstić information content (AvgIpc) is 3.24. The third-order valence-corrected chi connectivity index (χ3v) is 5.34. The van der Waals surface area contributed by atoms with E-state index in [0.717, 1.165) is 50.4 Å². The minimum Gasteiger partial charge on any atom is -0.351 e. The van der Waals surface area contributed by atoms with E-state index in [0.29, 0.717) is 18.5 Å². The highest BCUT2D eigenvalue weighted by Gasteiger charge is 2.32. The van der Waals surface area contributed by atoms with Crippen LogP contribution in [0.15, 0.2) is 24.5 Å². The molecule has 6 nitrogen and oxygen atoms in total. The second kappa shape index (κ2) is 5.83. The Morgan fingerprint density at radius 3 is 2.57 bits per heavy atom. The van der Waals surface area contributed by atoms with Crippen molar-refractivity contribution in [2.45, 2.75) is 51.7 Å². The highest BCUT2D eigenvalue weighted by atomic mass is 16.2. The van der Waals surface area contributed by atoms with Crippen LogP contribution in [0, 0.1) is 12.8 Å². The first-order chi connectivity index (χ1) is 11.2. The first kappa shape index (κ1) is 14.5. The van der Waals surface area contributed by atoms with Crippen LogP contribution in [0.2, 0.25) is 0 Å². The van der Waals surface area contributed by atoms with Gasteiger partial charge in [-0.2, -0.15) is 0 Å². The molecule has 23 heavy (non-hydrogen) atoms. The van der Waals surface area contributed by atoms with E-state index in [4.69, 9.17) is 0 Å². The maximum absolute atomic E-state index is 12.8. The molecule has 4 rings (SSSR count). The van der Waals surface area contributed by atoms with Gasteiger partial charge in [-0.3, -0.25) is 4.79 Å². The van der Waals surface area contributed by atoms with Crippen molar-refractivity contribution in [3.63, 3.8) is 0 Å². The molecular weight excluding hydrogens is 290 g/mol. The summed E-state index contributed by atoms with van der Waals surface area (Å²) in [5.41, 5.74) is 0. The van der Waals surface area contributed by atoms with Crippen LogP contribution in [-0.4, -0.2) is 36.7 Å². The monoisotopic (exact) mass is 313 g/mol. The molecule has 0 bridgehead atoms. The van der Waals surface area contributed by atoms with Gasteiger partial charge >= 0.3 is 0 Å². The van der Waals surface area contributed by atoms with Crippen LogP contribution in [0.5, 0.6) is 0 Å². The van der Waals surface area contributed by atoms with Gasteiger partial charge in [0.05, 0.1) is 6.54 Å². The molecule has 0 spiro atoms.